The number of ether oxygens (including phenoxy) is 1. The highest BCUT2D eigenvalue weighted by Gasteiger charge is 2.17. The molecule has 2 aromatic carbocycles. The summed E-state index contributed by atoms with van der Waals surface area (Å²) in [5.74, 6) is -0.806. The van der Waals surface area contributed by atoms with E-state index < -0.39 is 5.97 Å². The summed E-state index contributed by atoms with van der Waals surface area (Å²) in [7, 11) is 0. The van der Waals surface area contributed by atoms with Crippen molar-refractivity contribution in [2.75, 3.05) is 43.0 Å². The van der Waals surface area contributed by atoms with E-state index in [1.807, 2.05) is 30.3 Å². The molecule has 6 heteroatoms. The van der Waals surface area contributed by atoms with Gasteiger partial charge in [-0.15, -0.1) is 0 Å². The minimum Gasteiger partial charge on any atom is -0.456 e. The van der Waals surface area contributed by atoms with Gasteiger partial charge in [-0.2, -0.15) is 0 Å². The Bertz CT molecular complexity index is 754. The van der Waals surface area contributed by atoms with E-state index in [9.17, 15) is 9.59 Å². The Labute approximate surface area is 159 Å². The van der Waals surface area contributed by atoms with E-state index in [0.29, 0.717) is 5.69 Å². The van der Waals surface area contributed by atoms with Gasteiger partial charge in [0.25, 0.3) is 5.91 Å². The normalized spacial score (nSPS) is 14.6. The first-order valence-electron chi connectivity index (χ1n) is 9.14. The summed E-state index contributed by atoms with van der Waals surface area (Å²) in [6.07, 6.45) is 0. The van der Waals surface area contributed by atoms with E-state index >= 15 is 0 Å². The molecule has 142 valence electrons. The van der Waals surface area contributed by atoms with Gasteiger partial charge in [0, 0.05) is 51.0 Å². The lowest BCUT2D eigenvalue weighted by molar-refractivity contribution is -0.144. The molecule has 1 aliphatic heterocycles. The highest BCUT2D eigenvalue weighted by Crippen LogP contribution is 2.20. The van der Waals surface area contributed by atoms with Crippen LogP contribution in [0.25, 0.3) is 0 Å². The fraction of sp³-hybridized carbons (Fsp3) is 0.333. The van der Waals surface area contributed by atoms with E-state index in [0.717, 1.165) is 38.4 Å². The van der Waals surface area contributed by atoms with Crippen LogP contribution in [0.5, 0.6) is 0 Å². The quantitative estimate of drug-likeness (QED) is 0.795. The van der Waals surface area contributed by atoms with Crippen LogP contribution in [0.4, 0.5) is 11.4 Å². The molecule has 6 nitrogen and oxygen atoms in total. The number of carbonyl (C=O) groups is 2. The van der Waals surface area contributed by atoms with Gasteiger partial charge in [0.2, 0.25) is 0 Å². The molecule has 1 saturated heterocycles. The number of rotatable bonds is 6. The Balaban J connectivity index is 1.47. The van der Waals surface area contributed by atoms with Crippen LogP contribution >= 0.6 is 0 Å². The second kappa shape index (κ2) is 9.19. The third kappa shape index (κ3) is 5.82. The first-order chi connectivity index (χ1) is 13.1. The van der Waals surface area contributed by atoms with Crippen molar-refractivity contribution in [2.45, 2.75) is 13.5 Å². The number of hydrogen-bond acceptors (Lipinski definition) is 5. The van der Waals surface area contributed by atoms with Crippen molar-refractivity contribution in [3.63, 3.8) is 0 Å². The van der Waals surface area contributed by atoms with Crippen molar-refractivity contribution in [3.05, 3.63) is 60.2 Å². The molecule has 0 aromatic heterocycles. The topological polar surface area (TPSA) is 61.9 Å². The molecular formula is C21H25N3O3. The zero-order valence-electron chi connectivity index (χ0n) is 15.6. The molecule has 3 rings (SSSR count). The predicted molar refractivity (Wildman–Crippen MR) is 106 cm³/mol. The van der Waals surface area contributed by atoms with Crippen LogP contribution in [-0.2, 0) is 20.9 Å². The first-order valence-corrected chi connectivity index (χ1v) is 9.14. The van der Waals surface area contributed by atoms with E-state index in [4.69, 9.17) is 0 Å². The molecule has 0 atom stereocenters. The Morgan fingerprint density at radius 1 is 0.963 bits per heavy atom. The molecule has 1 amide bonds. The van der Waals surface area contributed by atoms with Crippen molar-refractivity contribution in [1.29, 1.82) is 0 Å². The molecule has 1 N–H and O–H groups in total. The maximum atomic E-state index is 11.7. The van der Waals surface area contributed by atoms with Crippen molar-refractivity contribution in [3.8, 4) is 0 Å². The molecule has 0 radical (unpaired) electrons. The first kappa shape index (κ1) is 18.9. The van der Waals surface area contributed by atoms with Crippen LogP contribution in [0.2, 0.25) is 0 Å². The van der Waals surface area contributed by atoms with E-state index in [1.165, 1.54) is 12.5 Å². The summed E-state index contributed by atoms with van der Waals surface area (Å²) < 4.78 is 4.68. The number of hydrogen-bond donors (Lipinski definition) is 1. The predicted octanol–water partition coefficient (Wildman–Crippen LogP) is 2.51. The van der Waals surface area contributed by atoms with Gasteiger partial charge < -0.3 is 15.0 Å². The number of carbonyl (C=O) groups excluding carboxylic acids is 2. The second-order valence-electron chi connectivity index (χ2n) is 6.62. The summed E-state index contributed by atoms with van der Waals surface area (Å²) in [5, 5.41) is 2.72. The summed E-state index contributed by atoms with van der Waals surface area (Å²) in [6.45, 7) is 6.01. The fourth-order valence-corrected chi connectivity index (χ4v) is 3.13. The van der Waals surface area contributed by atoms with Crippen LogP contribution in [0.3, 0.4) is 0 Å². The van der Waals surface area contributed by atoms with E-state index in [-0.39, 0.29) is 12.5 Å². The van der Waals surface area contributed by atoms with Crippen LogP contribution in [-0.4, -0.2) is 49.6 Å². The zero-order chi connectivity index (χ0) is 19.1. The highest BCUT2D eigenvalue weighted by molar-refractivity contribution is 5.92. The minimum atomic E-state index is -0.466. The molecule has 0 saturated carbocycles. The Morgan fingerprint density at radius 3 is 2.26 bits per heavy atom. The lowest BCUT2D eigenvalue weighted by Gasteiger charge is -2.36. The molecule has 1 fully saturated rings. The fourth-order valence-electron chi connectivity index (χ4n) is 3.13. The number of amides is 1. The van der Waals surface area contributed by atoms with Crippen LogP contribution in [0.1, 0.15) is 12.5 Å². The minimum absolute atomic E-state index is 0.263. The molecule has 0 bridgehead atoms. The number of anilines is 2. The third-order valence-electron chi connectivity index (χ3n) is 4.54. The maximum Gasteiger partial charge on any atom is 0.303 e. The molecular weight excluding hydrogens is 342 g/mol. The average Bonchev–Trinajstić information content (AvgIpc) is 2.68. The Kier molecular flexibility index (Phi) is 6.44. The SMILES string of the molecule is CC(=O)OCC(=O)Nc1ccc(N2CCN(Cc3ccccc3)CC2)cc1. The molecule has 1 heterocycles. The lowest BCUT2D eigenvalue weighted by atomic mass is 10.2. The lowest BCUT2D eigenvalue weighted by Crippen LogP contribution is -2.45. The van der Waals surface area contributed by atoms with Gasteiger partial charge >= 0.3 is 5.97 Å². The van der Waals surface area contributed by atoms with E-state index in [1.54, 1.807) is 0 Å². The van der Waals surface area contributed by atoms with Gasteiger partial charge in [-0.1, -0.05) is 30.3 Å². The molecule has 0 aliphatic carbocycles. The van der Waals surface area contributed by atoms with Crippen LogP contribution in [0.15, 0.2) is 54.6 Å². The zero-order valence-corrected chi connectivity index (χ0v) is 15.6. The highest BCUT2D eigenvalue weighted by atomic mass is 16.5. The number of piperazine rings is 1. The average molecular weight is 367 g/mol. The third-order valence-corrected chi connectivity index (χ3v) is 4.54. The Hall–Kier alpha value is -2.86. The van der Waals surface area contributed by atoms with Gasteiger partial charge in [-0.25, -0.2) is 0 Å². The van der Waals surface area contributed by atoms with Crippen LogP contribution < -0.4 is 10.2 Å². The molecule has 1 aliphatic rings. The largest absolute Gasteiger partial charge is 0.456 e. The summed E-state index contributed by atoms with van der Waals surface area (Å²) in [6, 6.07) is 18.3. The Morgan fingerprint density at radius 2 is 1.63 bits per heavy atom. The molecule has 27 heavy (non-hydrogen) atoms. The number of esters is 1. The summed E-state index contributed by atoms with van der Waals surface area (Å²) in [5.41, 5.74) is 3.19. The van der Waals surface area contributed by atoms with Crippen molar-refractivity contribution in [1.82, 2.24) is 4.90 Å². The van der Waals surface area contributed by atoms with E-state index in [2.05, 4.69) is 44.1 Å². The van der Waals surface area contributed by atoms with Crippen molar-refractivity contribution in [2.24, 2.45) is 0 Å². The molecule has 0 unspecified atom stereocenters. The maximum absolute atomic E-state index is 11.7. The molecule has 0 spiro atoms. The van der Waals surface area contributed by atoms with Gasteiger partial charge in [0.1, 0.15) is 0 Å². The number of nitrogens with one attached hydrogen (secondary N) is 1. The second-order valence-corrected chi connectivity index (χ2v) is 6.62. The van der Waals surface area contributed by atoms with Crippen molar-refractivity contribution < 1.29 is 14.3 Å². The van der Waals surface area contributed by atoms with Crippen LogP contribution in [0, 0.1) is 0 Å². The number of nitrogens with zero attached hydrogens (tertiary/aromatic N) is 2. The van der Waals surface area contributed by atoms with Gasteiger partial charge in [0.15, 0.2) is 6.61 Å². The smallest absolute Gasteiger partial charge is 0.303 e. The standard InChI is InChI=1S/C21H25N3O3/c1-17(25)27-16-21(26)22-19-7-9-20(10-8-19)24-13-11-23(12-14-24)15-18-5-3-2-4-6-18/h2-10H,11-16H2,1H3,(H,22,26). The van der Waals surface area contributed by atoms with Gasteiger partial charge in [0.05, 0.1) is 0 Å². The van der Waals surface area contributed by atoms with Gasteiger partial charge in [-0.05, 0) is 29.8 Å². The summed E-state index contributed by atoms with van der Waals surface area (Å²) in [4.78, 5) is 27.2. The molecule has 2 aromatic rings. The monoisotopic (exact) mass is 367 g/mol. The van der Waals surface area contributed by atoms with Gasteiger partial charge in [-0.3, -0.25) is 14.5 Å². The van der Waals surface area contributed by atoms with Crippen molar-refractivity contribution >= 4 is 23.3 Å². The summed E-state index contributed by atoms with van der Waals surface area (Å²) >= 11 is 0. The number of benzene rings is 2.